The van der Waals surface area contributed by atoms with Gasteiger partial charge in [-0.2, -0.15) is 0 Å². The molecule has 6 nitrogen and oxygen atoms in total. The van der Waals surface area contributed by atoms with Gasteiger partial charge in [0.2, 0.25) is 5.91 Å². The van der Waals surface area contributed by atoms with Gasteiger partial charge in [-0.1, -0.05) is 56.5 Å². The molecule has 25 heavy (non-hydrogen) atoms. The molecule has 2 aliphatic rings. The number of urea groups is 1. The van der Waals surface area contributed by atoms with Gasteiger partial charge in [0.1, 0.15) is 12.1 Å². The first-order valence-electron chi connectivity index (χ1n) is 9.04. The molecule has 3 rings (SSSR count). The fourth-order valence-corrected chi connectivity index (χ4v) is 3.82. The number of carbonyl (C=O) groups excluding carboxylic acids is 3. The van der Waals surface area contributed by atoms with E-state index in [0.717, 1.165) is 36.1 Å². The van der Waals surface area contributed by atoms with Crippen LogP contribution in [0.3, 0.4) is 0 Å². The third kappa shape index (κ3) is 3.52. The van der Waals surface area contributed by atoms with Crippen molar-refractivity contribution in [2.24, 2.45) is 0 Å². The lowest BCUT2D eigenvalue weighted by atomic mass is 9.98. The minimum absolute atomic E-state index is 0.111. The molecule has 1 saturated heterocycles. The predicted molar refractivity (Wildman–Crippen MR) is 93.7 cm³/mol. The SMILES string of the molecule is CCC[C@@H](NC(=O)CN1C(=O)NC2(CCCC2)C1=O)c1ccccc1. The summed E-state index contributed by atoms with van der Waals surface area (Å²) in [6.07, 6.45) is 4.92. The van der Waals surface area contributed by atoms with E-state index < -0.39 is 11.6 Å². The van der Waals surface area contributed by atoms with Crippen LogP contribution in [0.1, 0.15) is 57.1 Å². The molecule has 6 heteroatoms. The van der Waals surface area contributed by atoms with Crippen molar-refractivity contribution in [1.29, 1.82) is 0 Å². The topological polar surface area (TPSA) is 78.5 Å². The molecule has 1 aromatic rings. The number of nitrogens with one attached hydrogen (secondary N) is 2. The largest absolute Gasteiger partial charge is 0.348 e. The number of nitrogens with zero attached hydrogens (tertiary/aromatic N) is 1. The molecular formula is C19H25N3O3. The molecule has 4 amide bonds. The number of amides is 4. The zero-order valence-corrected chi connectivity index (χ0v) is 14.6. The molecule has 0 aromatic heterocycles. The molecule has 1 aliphatic heterocycles. The van der Waals surface area contributed by atoms with Crippen LogP contribution in [0, 0.1) is 0 Å². The molecule has 1 aliphatic carbocycles. The zero-order valence-electron chi connectivity index (χ0n) is 14.6. The lowest BCUT2D eigenvalue weighted by Gasteiger charge is -2.22. The molecule has 2 N–H and O–H groups in total. The normalized spacial score (nSPS) is 20.0. The molecule has 134 valence electrons. The van der Waals surface area contributed by atoms with Crippen LogP contribution >= 0.6 is 0 Å². The van der Waals surface area contributed by atoms with Crippen LogP contribution in [0.25, 0.3) is 0 Å². The van der Waals surface area contributed by atoms with Gasteiger partial charge in [0, 0.05) is 0 Å². The predicted octanol–water partition coefficient (Wildman–Crippen LogP) is 2.51. The van der Waals surface area contributed by atoms with E-state index in [9.17, 15) is 14.4 Å². The van der Waals surface area contributed by atoms with E-state index in [0.29, 0.717) is 12.8 Å². The maximum Gasteiger partial charge on any atom is 0.325 e. The molecule has 1 saturated carbocycles. The summed E-state index contributed by atoms with van der Waals surface area (Å²) in [6, 6.07) is 9.19. The third-order valence-electron chi connectivity index (χ3n) is 5.12. The molecule has 2 fully saturated rings. The van der Waals surface area contributed by atoms with Crippen molar-refractivity contribution in [2.75, 3.05) is 6.54 Å². The van der Waals surface area contributed by atoms with Crippen molar-refractivity contribution in [1.82, 2.24) is 15.5 Å². The van der Waals surface area contributed by atoms with Crippen molar-refractivity contribution < 1.29 is 14.4 Å². The van der Waals surface area contributed by atoms with Crippen molar-refractivity contribution in [3.8, 4) is 0 Å². The number of carbonyl (C=O) groups is 3. The van der Waals surface area contributed by atoms with Gasteiger partial charge < -0.3 is 10.6 Å². The van der Waals surface area contributed by atoms with Crippen molar-refractivity contribution >= 4 is 17.8 Å². The Morgan fingerprint density at radius 2 is 1.92 bits per heavy atom. The first-order valence-corrected chi connectivity index (χ1v) is 9.04. The Labute approximate surface area is 148 Å². The second-order valence-corrected chi connectivity index (χ2v) is 6.93. The van der Waals surface area contributed by atoms with Gasteiger partial charge >= 0.3 is 6.03 Å². The van der Waals surface area contributed by atoms with Gasteiger partial charge in [-0.25, -0.2) is 4.79 Å². The Balaban J connectivity index is 1.65. The standard InChI is InChI=1S/C19H25N3O3/c1-2-8-15(14-9-4-3-5-10-14)20-16(23)13-22-17(24)19(21-18(22)25)11-6-7-12-19/h3-5,9-10,15H,2,6-8,11-13H2,1H3,(H,20,23)(H,21,25)/t15-/m1/s1. The molecule has 0 unspecified atom stereocenters. The highest BCUT2D eigenvalue weighted by atomic mass is 16.2. The average Bonchev–Trinajstić information content (AvgIpc) is 3.16. The Morgan fingerprint density at radius 1 is 1.24 bits per heavy atom. The quantitative estimate of drug-likeness (QED) is 0.779. The van der Waals surface area contributed by atoms with Gasteiger partial charge in [0.15, 0.2) is 0 Å². The summed E-state index contributed by atoms with van der Waals surface area (Å²) in [5.74, 6) is -0.558. The third-order valence-corrected chi connectivity index (χ3v) is 5.12. The molecule has 1 heterocycles. The van der Waals surface area contributed by atoms with E-state index in [2.05, 4.69) is 17.6 Å². The summed E-state index contributed by atoms with van der Waals surface area (Å²) < 4.78 is 0. The lowest BCUT2D eigenvalue weighted by Crippen LogP contribution is -2.45. The van der Waals surface area contributed by atoms with E-state index in [-0.39, 0.29) is 24.4 Å². The van der Waals surface area contributed by atoms with Crippen LogP contribution < -0.4 is 10.6 Å². The molecule has 0 bridgehead atoms. The van der Waals surface area contributed by atoms with Gasteiger partial charge in [-0.05, 0) is 24.8 Å². The minimum atomic E-state index is -0.764. The second kappa shape index (κ2) is 7.25. The van der Waals surface area contributed by atoms with Crippen molar-refractivity contribution in [3.05, 3.63) is 35.9 Å². The van der Waals surface area contributed by atoms with Crippen LogP contribution in [-0.4, -0.2) is 34.8 Å². The Hall–Kier alpha value is -2.37. The van der Waals surface area contributed by atoms with Crippen LogP contribution in [-0.2, 0) is 9.59 Å². The van der Waals surface area contributed by atoms with Crippen molar-refractivity contribution in [2.45, 2.75) is 57.0 Å². The number of hydrogen-bond acceptors (Lipinski definition) is 3. The van der Waals surface area contributed by atoms with Crippen LogP contribution in [0.5, 0.6) is 0 Å². The monoisotopic (exact) mass is 343 g/mol. The fraction of sp³-hybridized carbons (Fsp3) is 0.526. The maximum absolute atomic E-state index is 12.6. The Morgan fingerprint density at radius 3 is 2.56 bits per heavy atom. The maximum atomic E-state index is 12.6. The molecular weight excluding hydrogens is 318 g/mol. The highest BCUT2D eigenvalue weighted by Gasteiger charge is 2.52. The first-order chi connectivity index (χ1) is 12.1. The van der Waals surface area contributed by atoms with Crippen LogP contribution in [0.2, 0.25) is 0 Å². The number of imide groups is 1. The first kappa shape index (κ1) is 17.5. The smallest absolute Gasteiger partial charge is 0.325 e. The Bertz CT molecular complexity index is 653. The summed E-state index contributed by atoms with van der Waals surface area (Å²) in [6.45, 7) is 1.84. The van der Waals surface area contributed by atoms with E-state index >= 15 is 0 Å². The van der Waals surface area contributed by atoms with E-state index in [4.69, 9.17) is 0 Å². The second-order valence-electron chi connectivity index (χ2n) is 6.93. The van der Waals surface area contributed by atoms with E-state index in [1.807, 2.05) is 30.3 Å². The van der Waals surface area contributed by atoms with E-state index in [1.54, 1.807) is 0 Å². The minimum Gasteiger partial charge on any atom is -0.348 e. The number of rotatable bonds is 6. The summed E-state index contributed by atoms with van der Waals surface area (Å²) >= 11 is 0. The molecule has 1 aromatic carbocycles. The zero-order chi connectivity index (χ0) is 17.9. The van der Waals surface area contributed by atoms with Gasteiger partial charge in [0.05, 0.1) is 6.04 Å². The summed E-state index contributed by atoms with van der Waals surface area (Å²) in [4.78, 5) is 38.3. The molecule has 0 radical (unpaired) electrons. The molecule has 1 atom stereocenters. The number of benzene rings is 1. The van der Waals surface area contributed by atoms with Gasteiger partial charge in [-0.3, -0.25) is 14.5 Å². The average molecular weight is 343 g/mol. The van der Waals surface area contributed by atoms with Crippen molar-refractivity contribution in [3.63, 3.8) is 0 Å². The summed E-state index contributed by atoms with van der Waals surface area (Å²) in [7, 11) is 0. The summed E-state index contributed by atoms with van der Waals surface area (Å²) in [5.41, 5.74) is 0.266. The highest BCUT2D eigenvalue weighted by molar-refractivity contribution is 6.09. The Kier molecular flexibility index (Phi) is 5.06. The number of hydrogen-bond donors (Lipinski definition) is 2. The lowest BCUT2D eigenvalue weighted by molar-refractivity contribution is -0.135. The van der Waals surface area contributed by atoms with E-state index in [1.165, 1.54) is 0 Å². The molecule has 1 spiro atoms. The van der Waals surface area contributed by atoms with Crippen LogP contribution in [0.4, 0.5) is 4.79 Å². The van der Waals surface area contributed by atoms with Gasteiger partial charge in [0.25, 0.3) is 5.91 Å². The summed E-state index contributed by atoms with van der Waals surface area (Å²) in [5, 5.41) is 5.77. The van der Waals surface area contributed by atoms with Gasteiger partial charge in [-0.15, -0.1) is 0 Å². The fourth-order valence-electron chi connectivity index (χ4n) is 3.82. The van der Waals surface area contributed by atoms with Crippen LogP contribution in [0.15, 0.2) is 30.3 Å². The highest BCUT2D eigenvalue weighted by Crippen LogP contribution is 2.34.